The first-order valence-electron chi connectivity index (χ1n) is 6.25. The van der Waals surface area contributed by atoms with Crippen LogP contribution in [0.2, 0.25) is 0 Å². The van der Waals surface area contributed by atoms with E-state index in [1.54, 1.807) is 13.0 Å². The van der Waals surface area contributed by atoms with E-state index in [0.29, 0.717) is 19.7 Å². The third-order valence-electron chi connectivity index (χ3n) is 2.62. The molecule has 0 saturated heterocycles. The van der Waals surface area contributed by atoms with E-state index in [2.05, 4.69) is 5.32 Å². The van der Waals surface area contributed by atoms with Crippen LogP contribution in [0.25, 0.3) is 0 Å². The standard InChI is InChI=1S/C14H20FNO2/c1-3-18-14(17)11(2)10-16-8-7-12-5-4-6-13(15)9-12/h4-6,9,11,16H,3,7-8,10H2,1-2H3. The number of hydrogen-bond donors (Lipinski definition) is 1. The highest BCUT2D eigenvalue weighted by Gasteiger charge is 2.12. The lowest BCUT2D eigenvalue weighted by Gasteiger charge is -2.11. The first-order chi connectivity index (χ1) is 8.63. The molecule has 18 heavy (non-hydrogen) atoms. The molecule has 0 spiro atoms. The summed E-state index contributed by atoms with van der Waals surface area (Å²) >= 11 is 0. The summed E-state index contributed by atoms with van der Waals surface area (Å²) in [4.78, 5) is 11.3. The van der Waals surface area contributed by atoms with Gasteiger partial charge in [-0.05, 0) is 37.6 Å². The van der Waals surface area contributed by atoms with Crippen molar-refractivity contribution in [2.24, 2.45) is 5.92 Å². The van der Waals surface area contributed by atoms with Crippen LogP contribution in [0.1, 0.15) is 19.4 Å². The van der Waals surface area contributed by atoms with E-state index in [1.165, 1.54) is 12.1 Å². The molecule has 0 aliphatic rings. The van der Waals surface area contributed by atoms with Gasteiger partial charge in [0.25, 0.3) is 0 Å². The molecule has 1 aromatic rings. The number of hydrogen-bond acceptors (Lipinski definition) is 3. The van der Waals surface area contributed by atoms with Crippen LogP contribution in [0.15, 0.2) is 24.3 Å². The lowest BCUT2D eigenvalue weighted by atomic mass is 10.1. The van der Waals surface area contributed by atoms with Gasteiger partial charge < -0.3 is 10.1 Å². The Morgan fingerprint density at radius 2 is 2.28 bits per heavy atom. The van der Waals surface area contributed by atoms with Crippen LogP contribution < -0.4 is 5.32 Å². The molecule has 0 fully saturated rings. The van der Waals surface area contributed by atoms with Crippen molar-refractivity contribution >= 4 is 5.97 Å². The van der Waals surface area contributed by atoms with Crippen LogP contribution in [0.5, 0.6) is 0 Å². The lowest BCUT2D eigenvalue weighted by molar-refractivity contribution is -0.147. The highest BCUT2D eigenvalue weighted by atomic mass is 19.1. The van der Waals surface area contributed by atoms with Gasteiger partial charge in [-0.1, -0.05) is 19.1 Å². The third-order valence-corrected chi connectivity index (χ3v) is 2.62. The normalized spacial score (nSPS) is 12.2. The van der Waals surface area contributed by atoms with Crippen molar-refractivity contribution in [3.8, 4) is 0 Å². The SMILES string of the molecule is CCOC(=O)C(C)CNCCc1cccc(F)c1. The molecule has 1 N–H and O–H groups in total. The Morgan fingerprint density at radius 1 is 1.50 bits per heavy atom. The second-order valence-corrected chi connectivity index (χ2v) is 4.24. The number of halogens is 1. The molecule has 4 heteroatoms. The van der Waals surface area contributed by atoms with Gasteiger partial charge in [0.15, 0.2) is 0 Å². The first kappa shape index (κ1) is 14.6. The number of carbonyl (C=O) groups is 1. The maximum absolute atomic E-state index is 12.9. The molecule has 0 aromatic heterocycles. The Bertz CT molecular complexity index is 382. The minimum absolute atomic E-state index is 0.155. The summed E-state index contributed by atoms with van der Waals surface area (Å²) in [5.41, 5.74) is 0.950. The third kappa shape index (κ3) is 5.27. The molecule has 0 heterocycles. The van der Waals surface area contributed by atoms with Gasteiger partial charge in [0.2, 0.25) is 0 Å². The molecule has 0 radical (unpaired) electrons. The Balaban J connectivity index is 2.20. The van der Waals surface area contributed by atoms with Crippen LogP contribution in [0.4, 0.5) is 4.39 Å². The number of esters is 1. The largest absolute Gasteiger partial charge is 0.466 e. The molecular formula is C14H20FNO2. The minimum Gasteiger partial charge on any atom is -0.466 e. The molecule has 3 nitrogen and oxygen atoms in total. The summed E-state index contributed by atoms with van der Waals surface area (Å²) < 4.78 is 17.8. The molecule has 0 aliphatic carbocycles. The molecule has 0 aliphatic heterocycles. The Labute approximate surface area is 107 Å². The fraction of sp³-hybridized carbons (Fsp3) is 0.500. The van der Waals surface area contributed by atoms with Gasteiger partial charge in [0, 0.05) is 6.54 Å². The summed E-state index contributed by atoms with van der Waals surface area (Å²) in [5.74, 6) is -0.555. The van der Waals surface area contributed by atoms with E-state index < -0.39 is 0 Å². The van der Waals surface area contributed by atoms with Gasteiger partial charge in [-0.15, -0.1) is 0 Å². The van der Waals surface area contributed by atoms with Crippen molar-refractivity contribution in [1.29, 1.82) is 0 Å². The second-order valence-electron chi connectivity index (χ2n) is 4.24. The van der Waals surface area contributed by atoms with Crippen molar-refractivity contribution < 1.29 is 13.9 Å². The average Bonchev–Trinajstić information content (AvgIpc) is 2.35. The zero-order chi connectivity index (χ0) is 13.4. The van der Waals surface area contributed by atoms with Gasteiger partial charge in [0.05, 0.1) is 12.5 Å². The maximum atomic E-state index is 12.9. The summed E-state index contributed by atoms with van der Waals surface area (Å²) in [6.07, 6.45) is 0.743. The molecule has 0 bridgehead atoms. The topological polar surface area (TPSA) is 38.3 Å². The van der Waals surface area contributed by atoms with Crippen LogP contribution in [-0.4, -0.2) is 25.7 Å². The highest BCUT2D eigenvalue weighted by molar-refractivity contribution is 5.72. The zero-order valence-corrected chi connectivity index (χ0v) is 10.9. The average molecular weight is 253 g/mol. The fourth-order valence-electron chi connectivity index (χ4n) is 1.61. The summed E-state index contributed by atoms with van der Waals surface area (Å²) in [7, 11) is 0. The van der Waals surface area contributed by atoms with Crippen LogP contribution in [0.3, 0.4) is 0 Å². The quantitative estimate of drug-likeness (QED) is 0.598. The molecule has 0 amide bonds. The molecule has 1 unspecified atom stereocenters. The van der Waals surface area contributed by atoms with E-state index >= 15 is 0 Å². The second kappa shape index (κ2) is 7.82. The Kier molecular flexibility index (Phi) is 6.36. The lowest BCUT2D eigenvalue weighted by Crippen LogP contribution is -2.29. The molecule has 1 atom stereocenters. The summed E-state index contributed by atoms with van der Waals surface area (Å²) in [5, 5.41) is 3.17. The van der Waals surface area contributed by atoms with Crippen LogP contribution in [-0.2, 0) is 16.0 Å². The Morgan fingerprint density at radius 3 is 2.94 bits per heavy atom. The van der Waals surface area contributed by atoms with Crippen molar-refractivity contribution in [3.63, 3.8) is 0 Å². The summed E-state index contributed by atoms with van der Waals surface area (Å²) in [6, 6.07) is 6.54. The van der Waals surface area contributed by atoms with E-state index in [4.69, 9.17) is 4.74 Å². The van der Waals surface area contributed by atoms with Crippen LogP contribution >= 0.6 is 0 Å². The number of benzene rings is 1. The van der Waals surface area contributed by atoms with E-state index in [0.717, 1.165) is 12.0 Å². The highest BCUT2D eigenvalue weighted by Crippen LogP contribution is 2.03. The zero-order valence-electron chi connectivity index (χ0n) is 10.9. The molecule has 1 rings (SSSR count). The van der Waals surface area contributed by atoms with E-state index in [-0.39, 0.29) is 17.7 Å². The smallest absolute Gasteiger partial charge is 0.309 e. The predicted octanol–water partition coefficient (Wildman–Crippen LogP) is 2.16. The monoisotopic (exact) mass is 253 g/mol. The molecule has 1 aromatic carbocycles. The van der Waals surface area contributed by atoms with Crippen LogP contribution in [0, 0.1) is 11.7 Å². The van der Waals surface area contributed by atoms with Crippen molar-refractivity contribution in [2.45, 2.75) is 20.3 Å². The number of ether oxygens (including phenoxy) is 1. The maximum Gasteiger partial charge on any atom is 0.309 e. The van der Waals surface area contributed by atoms with Gasteiger partial charge >= 0.3 is 5.97 Å². The van der Waals surface area contributed by atoms with Crippen molar-refractivity contribution in [2.75, 3.05) is 19.7 Å². The number of carbonyl (C=O) groups excluding carboxylic acids is 1. The van der Waals surface area contributed by atoms with Gasteiger partial charge in [-0.2, -0.15) is 0 Å². The molecule has 0 saturated carbocycles. The van der Waals surface area contributed by atoms with Gasteiger partial charge in [-0.25, -0.2) is 4.39 Å². The minimum atomic E-state index is -0.215. The number of nitrogens with one attached hydrogen (secondary N) is 1. The number of rotatable bonds is 7. The summed E-state index contributed by atoms with van der Waals surface area (Å²) in [6.45, 7) is 5.32. The molecule has 100 valence electrons. The Hall–Kier alpha value is -1.42. The van der Waals surface area contributed by atoms with Crippen molar-refractivity contribution in [3.05, 3.63) is 35.6 Å². The molecular weight excluding hydrogens is 233 g/mol. The first-order valence-corrected chi connectivity index (χ1v) is 6.25. The predicted molar refractivity (Wildman–Crippen MR) is 68.8 cm³/mol. The van der Waals surface area contributed by atoms with E-state index in [9.17, 15) is 9.18 Å². The van der Waals surface area contributed by atoms with E-state index in [1.807, 2.05) is 13.0 Å². The van der Waals surface area contributed by atoms with Crippen molar-refractivity contribution in [1.82, 2.24) is 5.32 Å². The van der Waals surface area contributed by atoms with Gasteiger partial charge in [0.1, 0.15) is 5.82 Å². The van der Waals surface area contributed by atoms with Gasteiger partial charge in [-0.3, -0.25) is 4.79 Å². The fourth-order valence-corrected chi connectivity index (χ4v) is 1.61.